The van der Waals surface area contributed by atoms with Crippen molar-refractivity contribution in [3.05, 3.63) is 12.4 Å². The van der Waals surface area contributed by atoms with Gasteiger partial charge in [-0.05, 0) is 13.8 Å². The van der Waals surface area contributed by atoms with Crippen LogP contribution in [0.4, 0.5) is 24.8 Å². The molecule has 1 aromatic rings. The fraction of sp³-hybridized carbons (Fsp3) is 0.600. The Morgan fingerprint density at radius 1 is 1.29 bits per heavy atom. The molecule has 4 nitrogen and oxygen atoms in total. The molecule has 2 N–H and O–H groups in total. The second-order valence-corrected chi connectivity index (χ2v) is 3.68. The lowest BCUT2D eigenvalue weighted by Crippen LogP contribution is -2.24. The van der Waals surface area contributed by atoms with Gasteiger partial charge in [0.1, 0.15) is 11.6 Å². The van der Waals surface area contributed by atoms with Gasteiger partial charge in [0.05, 0.1) is 18.8 Å². The summed E-state index contributed by atoms with van der Waals surface area (Å²) in [4.78, 5) is 7.96. The minimum Gasteiger partial charge on any atom is -0.369 e. The summed E-state index contributed by atoms with van der Waals surface area (Å²) in [5, 5.41) is 5.60. The number of nitrogens with zero attached hydrogens (tertiary/aromatic N) is 2. The molecule has 0 saturated heterocycles. The SMILES string of the molecule is CCNc1cncc(NC(C)CC(F)(F)F)n1. The van der Waals surface area contributed by atoms with Crippen LogP contribution in [0.1, 0.15) is 20.3 Å². The van der Waals surface area contributed by atoms with E-state index < -0.39 is 18.6 Å². The van der Waals surface area contributed by atoms with Crippen molar-refractivity contribution in [1.82, 2.24) is 9.97 Å². The summed E-state index contributed by atoms with van der Waals surface area (Å²) >= 11 is 0. The van der Waals surface area contributed by atoms with Gasteiger partial charge in [0.2, 0.25) is 0 Å². The third-order valence-electron chi connectivity index (χ3n) is 1.92. The van der Waals surface area contributed by atoms with Crippen molar-refractivity contribution in [2.24, 2.45) is 0 Å². The zero-order chi connectivity index (χ0) is 12.9. The Bertz CT molecular complexity index is 354. The Balaban J connectivity index is 2.58. The lowest BCUT2D eigenvalue weighted by molar-refractivity contribution is -0.136. The third-order valence-corrected chi connectivity index (χ3v) is 1.92. The van der Waals surface area contributed by atoms with Gasteiger partial charge in [-0.15, -0.1) is 0 Å². The summed E-state index contributed by atoms with van der Waals surface area (Å²) in [5.41, 5.74) is 0. The van der Waals surface area contributed by atoms with Crippen LogP contribution in [0.2, 0.25) is 0 Å². The molecule has 0 aromatic carbocycles. The van der Waals surface area contributed by atoms with E-state index in [4.69, 9.17) is 0 Å². The molecule has 0 radical (unpaired) electrons. The molecule has 0 amide bonds. The summed E-state index contributed by atoms with van der Waals surface area (Å²) in [6, 6.07) is -0.735. The van der Waals surface area contributed by atoms with E-state index in [0.717, 1.165) is 0 Å². The van der Waals surface area contributed by atoms with Crippen LogP contribution in [0.15, 0.2) is 12.4 Å². The highest BCUT2D eigenvalue weighted by atomic mass is 19.4. The van der Waals surface area contributed by atoms with Crippen molar-refractivity contribution in [1.29, 1.82) is 0 Å². The number of hydrogen-bond donors (Lipinski definition) is 2. The maximum absolute atomic E-state index is 12.1. The van der Waals surface area contributed by atoms with Crippen LogP contribution in [0.25, 0.3) is 0 Å². The maximum Gasteiger partial charge on any atom is 0.391 e. The molecular weight excluding hydrogens is 233 g/mol. The van der Waals surface area contributed by atoms with E-state index in [1.165, 1.54) is 19.3 Å². The van der Waals surface area contributed by atoms with E-state index in [0.29, 0.717) is 18.2 Å². The van der Waals surface area contributed by atoms with Gasteiger partial charge in [0.25, 0.3) is 0 Å². The molecule has 0 bridgehead atoms. The van der Waals surface area contributed by atoms with Crippen LogP contribution in [-0.2, 0) is 0 Å². The van der Waals surface area contributed by atoms with Gasteiger partial charge in [0, 0.05) is 12.6 Å². The quantitative estimate of drug-likeness (QED) is 0.841. The summed E-state index contributed by atoms with van der Waals surface area (Å²) in [6.45, 7) is 4.03. The Hall–Kier alpha value is -1.53. The molecule has 1 aromatic heterocycles. The minimum atomic E-state index is -4.18. The summed E-state index contributed by atoms with van der Waals surface area (Å²) in [7, 11) is 0. The monoisotopic (exact) mass is 248 g/mol. The molecule has 1 unspecified atom stereocenters. The standard InChI is InChI=1S/C10H15F3N4/c1-3-15-8-5-14-6-9(17-8)16-7(2)4-10(11,12)13/h5-7H,3-4H2,1-2H3,(H2,15,16,17). The lowest BCUT2D eigenvalue weighted by atomic mass is 10.2. The first kappa shape index (κ1) is 13.5. The smallest absolute Gasteiger partial charge is 0.369 e. The molecule has 0 spiro atoms. The summed E-state index contributed by atoms with van der Waals surface area (Å²) in [5.74, 6) is 0.872. The van der Waals surface area contributed by atoms with E-state index in [-0.39, 0.29) is 0 Å². The maximum atomic E-state index is 12.1. The molecule has 7 heteroatoms. The molecule has 0 aliphatic heterocycles. The molecular formula is C10H15F3N4. The highest BCUT2D eigenvalue weighted by Crippen LogP contribution is 2.22. The highest BCUT2D eigenvalue weighted by Gasteiger charge is 2.30. The van der Waals surface area contributed by atoms with Crippen LogP contribution >= 0.6 is 0 Å². The molecule has 96 valence electrons. The highest BCUT2D eigenvalue weighted by molar-refractivity contribution is 5.41. The molecule has 0 aliphatic rings. The van der Waals surface area contributed by atoms with E-state index in [1.807, 2.05) is 6.92 Å². The number of nitrogens with one attached hydrogen (secondary N) is 2. The number of hydrogen-bond acceptors (Lipinski definition) is 4. The molecule has 0 aliphatic carbocycles. The van der Waals surface area contributed by atoms with Crippen molar-refractivity contribution >= 4 is 11.6 Å². The average Bonchev–Trinajstić information content (AvgIpc) is 2.15. The van der Waals surface area contributed by atoms with E-state index in [9.17, 15) is 13.2 Å². The number of halogens is 3. The van der Waals surface area contributed by atoms with Crippen molar-refractivity contribution in [3.63, 3.8) is 0 Å². The minimum absolute atomic E-state index is 0.334. The zero-order valence-corrected chi connectivity index (χ0v) is 9.67. The van der Waals surface area contributed by atoms with Gasteiger partial charge < -0.3 is 10.6 Å². The number of anilines is 2. The first-order valence-electron chi connectivity index (χ1n) is 5.30. The van der Waals surface area contributed by atoms with Crippen LogP contribution in [0.3, 0.4) is 0 Å². The Morgan fingerprint density at radius 2 is 1.94 bits per heavy atom. The lowest BCUT2D eigenvalue weighted by Gasteiger charge is -2.16. The summed E-state index contributed by atoms with van der Waals surface area (Å²) < 4.78 is 36.4. The van der Waals surface area contributed by atoms with Crippen LogP contribution < -0.4 is 10.6 Å². The summed E-state index contributed by atoms with van der Waals surface area (Å²) in [6.07, 6.45) is -2.17. The fourth-order valence-electron chi connectivity index (χ4n) is 1.35. The Labute approximate surface area is 97.7 Å². The third kappa shape index (κ3) is 5.37. The molecule has 1 heterocycles. The topological polar surface area (TPSA) is 49.8 Å². The zero-order valence-electron chi connectivity index (χ0n) is 9.67. The van der Waals surface area contributed by atoms with Crippen molar-refractivity contribution in [2.75, 3.05) is 17.2 Å². The first-order chi connectivity index (χ1) is 7.90. The number of rotatable bonds is 5. The predicted octanol–water partition coefficient (Wildman–Crippen LogP) is 2.66. The largest absolute Gasteiger partial charge is 0.391 e. The molecule has 1 rings (SSSR count). The van der Waals surface area contributed by atoms with Crippen LogP contribution in [0, 0.1) is 0 Å². The number of aromatic nitrogens is 2. The van der Waals surface area contributed by atoms with Crippen molar-refractivity contribution < 1.29 is 13.2 Å². The van der Waals surface area contributed by atoms with Crippen molar-refractivity contribution in [2.45, 2.75) is 32.5 Å². The van der Waals surface area contributed by atoms with Crippen LogP contribution in [-0.4, -0.2) is 28.7 Å². The Morgan fingerprint density at radius 3 is 2.53 bits per heavy atom. The van der Waals surface area contributed by atoms with Gasteiger partial charge in [-0.1, -0.05) is 0 Å². The van der Waals surface area contributed by atoms with E-state index in [1.54, 1.807) is 0 Å². The second kappa shape index (κ2) is 5.70. The molecule has 0 saturated carbocycles. The van der Waals surface area contributed by atoms with Gasteiger partial charge in [-0.2, -0.15) is 13.2 Å². The van der Waals surface area contributed by atoms with E-state index in [2.05, 4.69) is 20.6 Å². The normalized spacial score (nSPS) is 13.2. The van der Waals surface area contributed by atoms with Gasteiger partial charge >= 0.3 is 6.18 Å². The average molecular weight is 248 g/mol. The molecule has 17 heavy (non-hydrogen) atoms. The van der Waals surface area contributed by atoms with Gasteiger partial charge in [-0.3, -0.25) is 4.98 Å². The molecule has 1 atom stereocenters. The second-order valence-electron chi connectivity index (χ2n) is 3.68. The Kier molecular flexibility index (Phi) is 4.53. The predicted molar refractivity (Wildman–Crippen MR) is 60.0 cm³/mol. The first-order valence-corrected chi connectivity index (χ1v) is 5.30. The van der Waals surface area contributed by atoms with Gasteiger partial charge in [-0.25, -0.2) is 4.98 Å². The van der Waals surface area contributed by atoms with Crippen molar-refractivity contribution in [3.8, 4) is 0 Å². The number of alkyl halides is 3. The van der Waals surface area contributed by atoms with E-state index >= 15 is 0 Å². The fourth-order valence-corrected chi connectivity index (χ4v) is 1.35. The molecule has 0 fully saturated rings. The van der Waals surface area contributed by atoms with Gasteiger partial charge in [0.15, 0.2) is 0 Å². The van der Waals surface area contributed by atoms with Crippen LogP contribution in [0.5, 0.6) is 0 Å².